The van der Waals surface area contributed by atoms with Crippen LogP contribution in [0.2, 0.25) is 0 Å². The van der Waals surface area contributed by atoms with E-state index in [1.54, 1.807) is 6.07 Å². The Morgan fingerprint density at radius 3 is 2.59 bits per heavy atom. The molecule has 1 saturated carbocycles. The van der Waals surface area contributed by atoms with Gasteiger partial charge in [-0.05, 0) is 34.7 Å². The maximum absolute atomic E-state index is 5.63. The molecule has 2 N–H and O–H groups in total. The van der Waals surface area contributed by atoms with Crippen molar-refractivity contribution in [3.05, 3.63) is 10.7 Å². The Morgan fingerprint density at radius 1 is 1.24 bits per heavy atom. The Bertz CT molecular complexity index is 345. The Morgan fingerprint density at radius 2 is 1.94 bits per heavy atom. The van der Waals surface area contributed by atoms with Crippen molar-refractivity contribution in [2.75, 3.05) is 12.3 Å². The molecular weight excluding hydrogens is 282 g/mol. The van der Waals surface area contributed by atoms with Gasteiger partial charge >= 0.3 is 6.01 Å². The molecule has 0 aliphatic heterocycles. The first-order valence-electron chi connectivity index (χ1n) is 6.17. The summed E-state index contributed by atoms with van der Waals surface area (Å²) in [6.45, 7) is 0.704. The zero-order chi connectivity index (χ0) is 12.1. The van der Waals surface area contributed by atoms with Crippen LogP contribution < -0.4 is 10.5 Å². The van der Waals surface area contributed by atoms with Crippen molar-refractivity contribution < 1.29 is 4.74 Å². The molecule has 0 aromatic carbocycles. The number of hydrogen-bond acceptors (Lipinski definition) is 4. The van der Waals surface area contributed by atoms with Crippen LogP contribution in [-0.4, -0.2) is 16.6 Å². The maximum atomic E-state index is 5.63. The SMILES string of the molecule is Nc1cc(Br)nc(OCC2CCCCCC2)n1. The first-order chi connectivity index (χ1) is 8.24. The van der Waals surface area contributed by atoms with Crippen molar-refractivity contribution in [2.45, 2.75) is 38.5 Å². The zero-order valence-electron chi connectivity index (χ0n) is 9.86. The predicted molar refractivity (Wildman–Crippen MR) is 70.8 cm³/mol. The smallest absolute Gasteiger partial charge is 0.319 e. The highest BCUT2D eigenvalue weighted by molar-refractivity contribution is 9.10. The van der Waals surface area contributed by atoms with Gasteiger partial charge in [0.2, 0.25) is 0 Å². The average molecular weight is 300 g/mol. The Labute approximate surface area is 110 Å². The first-order valence-corrected chi connectivity index (χ1v) is 6.96. The van der Waals surface area contributed by atoms with E-state index in [0.29, 0.717) is 29.0 Å². The number of nitrogens with zero attached hydrogens (tertiary/aromatic N) is 2. The van der Waals surface area contributed by atoms with E-state index in [2.05, 4.69) is 25.9 Å². The molecule has 1 aromatic heterocycles. The van der Waals surface area contributed by atoms with Crippen LogP contribution in [0.25, 0.3) is 0 Å². The predicted octanol–water partition coefficient (Wildman–Crippen LogP) is 3.17. The fourth-order valence-electron chi connectivity index (χ4n) is 2.20. The molecule has 0 unspecified atom stereocenters. The molecule has 1 aromatic rings. The number of nitrogens with two attached hydrogens (primary N) is 1. The number of hydrogen-bond donors (Lipinski definition) is 1. The summed E-state index contributed by atoms with van der Waals surface area (Å²) in [5, 5.41) is 0. The van der Waals surface area contributed by atoms with E-state index >= 15 is 0 Å². The molecule has 0 saturated heterocycles. The van der Waals surface area contributed by atoms with Gasteiger partial charge in [-0.25, -0.2) is 0 Å². The summed E-state index contributed by atoms with van der Waals surface area (Å²) in [7, 11) is 0. The largest absolute Gasteiger partial charge is 0.463 e. The second-order valence-electron chi connectivity index (χ2n) is 4.57. The van der Waals surface area contributed by atoms with E-state index in [4.69, 9.17) is 10.5 Å². The third-order valence-electron chi connectivity index (χ3n) is 3.12. The third kappa shape index (κ3) is 4.15. The van der Waals surface area contributed by atoms with Crippen molar-refractivity contribution in [1.29, 1.82) is 0 Å². The van der Waals surface area contributed by atoms with Gasteiger partial charge in [0.15, 0.2) is 0 Å². The van der Waals surface area contributed by atoms with E-state index in [-0.39, 0.29) is 0 Å². The molecule has 1 fully saturated rings. The summed E-state index contributed by atoms with van der Waals surface area (Å²) in [6.07, 6.45) is 7.85. The minimum atomic E-state index is 0.376. The van der Waals surface area contributed by atoms with Crippen molar-refractivity contribution in [3.8, 4) is 6.01 Å². The highest BCUT2D eigenvalue weighted by Gasteiger charge is 2.13. The minimum Gasteiger partial charge on any atom is -0.463 e. The van der Waals surface area contributed by atoms with Crippen molar-refractivity contribution in [2.24, 2.45) is 5.92 Å². The third-order valence-corrected chi connectivity index (χ3v) is 3.52. The lowest BCUT2D eigenvalue weighted by molar-refractivity contribution is 0.218. The first kappa shape index (κ1) is 12.6. The van der Waals surface area contributed by atoms with Crippen LogP contribution in [0, 0.1) is 5.92 Å². The molecule has 94 valence electrons. The standard InChI is InChI=1S/C12H18BrN3O/c13-10-7-11(14)16-12(15-10)17-8-9-5-3-1-2-4-6-9/h7,9H,1-6,8H2,(H2,14,15,16). The van der Waals surface area contributed by atoms with Crippen LogP contribution in [0.5, 0.6) is 6.01 Å². The highest BCUT2D eigenvalue weighted by atomic mass is 79.9. The topological polar surface area (TPSA) is 61.0 Å². The summed E-state index contributed by atoms with van der Waals surface area (Å²) in [5.74, 6) is 1.07. The van der Waals surface area contributed by atoms with Crippen LogP contribution in [0.4, 0.5) is 5.82 Å². The van der Waals surface area contributed by atoms with Crippen molar-refractivity contribution in [1.82, 2.24) is 9.97 Å². The molecule has 1 aliphatic rings. The molecule has 5 heteroatoms. The van der Waals surface area contributed by atoms with Crippen LogP contribution >= 0.6 is 15.9 Å². The summed E-state index contributed by atoms with van der Waals surface area (Å²) < 4.78 is 6.30. The second-order valence-corrected chi connectivity index (χ2v) is 5.38. The van der Waals surface area contributed by atoms with Crippen molar-refractivity contribution in [3.63, 3.8) is 0 Å². The average Bonchev–Trinajstić information content (AvgIpc) is 2.53. The van der Waals surface area contributed by atoms with Gasteiger partial charge in [-0.15, -0.1) is 0 Å². The maximum Gasteiger partial charge on any atom is 0.319 e. The normalized spacial score (nSPS) is 17.7. The van der Waals surface area contributed by atoms with Crippen LogP contribution in [0.15, 0.2) is 10.7 Å². The lowest BCUT2D eigenvalue weighted by Crippen LogP contribution is -2.13. The number of ether oxygens (including phenoxy) is 1. The molecule has 2 rings (SSSR count). The Kier molecular flexibility index (Phi) is 4.59. The lowest BCUT2D eigenvalue weighted by atomic mass is 10.0. The Balaban J connectivity index is 1.87. The molecule has 0 bridgehead atoms. The lowest BCUT2D eigenvalue weighted by Gasteiger charge is -2.14. The highest BCUT2D eigenvalue weighted by Crippen LogP contribution is 2.23. The molecule has 4 nitrogen and oxygen atoms in total. The van der Waals surface area contributed by atoms with Crippen molar-refractivity contribution >= 4 is 21.7 Å². The quantitative estimate of drug-likeness (QED) is 0.688. The van der Waals surface area contributed by atoms with E-state index < -0.39 is 0 Å². The number of anilines is 1. The van der Waals surface area contributed by atoms with Crippen LogP contribution in [0.1, 0.15) is 38.5 Å². The zero-order valence-corrected chi connectivity index (χ0v) is 11.4. The fraction of sp³-hybridized carbons (Fsp3) is 0.667. The van der Waals surface area contributed by atoms with Gasteiger partial charge in [-0.3, -0.25) is 0 Å². The van der Waals surface area contributed by atoms with Gasteiger partial charge in [0.25, 0.3) is 0 Å². The summed E-state index contributed by atoms with van der Waals surface area (Å²) in [4.78, 5) is 8.20. The number of rotatable bonds is 3. The summed E-state index contributed by atoms with van der Waals surface area (Å²) >= 11 is 3.28. The van der Waals surface area contributed by atoms with Gasteiger partial charge in [0.05, 0.1) is 6.61 Å². The van der Waals surface area contributed by atoms with E-state index in [1.807, 2.05) is 0 Å². The molecule has 1 aliphatic carbocycles. The number of aromatic nitrogens is 2. The molecule has 0 spiro atoms. The van der Waals surface area contributed by atoms with E-state index in [9.17, 15) is 0 Å². The van der Waals surface area contributed by atoms with Gasteiger partial charge < -0.3 is 10.5 Å². The number of halogens is 1. The Hall–Kier alpha value is -0.840. The fourth-order valence-corrected chi connectivity index (χ4v) is 2.59. The molecule has 17 heavy (non-hydrogen) atoms. The molecule has 0 amide bonds. The summed E-state index contributed by atoms with van der Waals surface area (Å²) in [6, 6.07) is 2.04. The molecule has 0 atom stereocenters. The second kappa shape index (κ2) is 6.19. The van der Waals surface area contributed by atoms with Crippen LogP contribution in [-0.2, 0) is 0 Å². The molecule has 0 radical (unpaired) electrons. The molecule has 1 heterocycles. The molecular formula is C12H18BrN3O. The van der Waals surface area contributed by atoms with Crippen LogP contribution in [0.3, 0.4) is 0 Å². The van der Waals surface area contributed by atoms with Gasteiger partial charge in [0.1, 0.15) is 10.4 Å². The minimum absolute atomic E-state index is 0.376. The monoisotopic (exact) mass is 299 g/mol. The van der Waals surface area contributed by atoms with Gasteiger partial charge in [-0.2, -0.15) is 9.97 Å². The summed E-state index contributed by atoms with van der Waals surface area (Å²) in [5.41, 5.74) is 5.63. The number of nitrogen functional groups attached to an aromatic ring is 1. The van der Waals surface area contributed by atoms with E-state index in [1.165, 1.54) is 38.5 Å². The van der Waals surface area contributed by atoms with Gasteiger partial charge in [0, 0.05) is 6.07 Å². The van der Waals surface area contributed by atoms with Gasteiger partial charge in [-0.1, -0.05) is 25.7 Å². The van der Waals surface area contributed by atoms with E-state index in [0.717, 1.165) is 0 Å².